The fourth-order valence-corrected chi connectivity index (χ4v) is 4.51. The summed E-state index contributed by atoms with van der Waals surface area (Å²) in [5.41, 5.74) is 10.9. The van der Waals surface area contributed by atoms with Crippen LogP contribution >= 0.6 is 0 Å². The molecular formula is C17H24N2. The standard InChI is InChI=1S/C17H24N2/c18-17-7-6-15-10-19(11-16(15)17)9-12-4-5-13-2-1-3-14(13)8-12/h4-5,8,15-17H,1-3,6-7,9-11,18H2. The van der Waals surface area contributed by atoms with E-state index >= 15 is 0 Å². The van der Waals surface area contributed by atoms with Gasteiger partial charge in [-0.3, -0.25) is 4.90 Å². The third kappa shape index (κ3) is 2.11. The molecule has 0 aromatic heterocycles. The second-order valence-electron chi connectivity index (χ2n) is 6.82. The molecule has 1 aromatic rings. The number of likely N-dealkylation sites (tertiary alicyclic amines) is 1. The topological polar surface area (TPSA) is 29.3 Å². The molecule has 19 heavy (non-hydrogen) atoms. The maximum Gasteiger partial charge on any atom is 0.0234 e. The Kier molecular flexibility index (Phi) is 2.89. The first-order chi connectivity index (χ1) is 9.29. The summed E-state index contributed by atoms with van der Waals surface area (Å²) in [5.74, 6) is 1.65. The lowest BCUT2D eigenvalue weighted by atomic mass is 9.98. The van der Waals surface area contributed by atoms with Crippen LogP contribution in [0.3, 0.4) is 0 Å². The zero-order valence-corrected chi connectivity index (χ0v) is 11.6. The fourth-order valence-electron chi connectivity index (χ4n) is 4.51. The first kappa shape index (κ1) is 11.9. The van der Waals surface area contributed by atoms with Crippen molar-refractivity contribution in [3.05, 3.63) is 34.9 Å². The Morgan fingerprint density at radius 2 is 2.00 bits per heavy atom. The van der Waals surface area contributed by atoms with Gasteiger partial charge in [-0.15, -0.1) is 0 Å². The van der Waals surface area contributed by atoms with Gasteiger partial charge in [-0.2, -0.15) is 0 Å². The minimum atomic E-state index is 0.468. The van der Waals surface area contributed by atoms with Crippen molar-refractivity contribution in [2.75, 3.05) is 13.1 Å². The summed E-state index contributed by atoms with van der Waals surface area (Å²) in [4.78, 5) is 2.63. The van der Waals surface area contributed by atoms with Gasteiger partial charge in [-0.05, 0) is 60.6 Å². The van der Waals surface area contributed by atoms with E-state index in [1.54, 1.807) is 11.1 Å². The first-order valence-corrected chi connectivity index (χ1v) is 7.88. The van der Waals surface area contributed by atoms with Crippen LogP contribution in [0.1, 0.15) is 36.0 Å². The Morgan fingerprint density at radius 1 is 1.11 bits per heavy atom. The van der Waals surface area contributed by atoms with Gasteiger partial charge in [0.25, 0.3) is 0 Å². The third-order valence-corrected chi connectivity index (χ3v) is 5.56. The maximum atomic E-state index is 6.22. The number of hydrogen-bond acceptors (Lipinski definition) is 2. The summed E-state index contributed by atoms with van der Waals surface area (Å²) in [7, 11) is 0. The average Bonchev–Trinajstić information content (AvgIpc) is 3.07. The normalized spacial score (nSPS) is 33.6. The maximum absolute atomic E-state index is 6.22. The summed E-state index contributed by atoms with van der Waals surface area (Å²) in [6, 6.07) is 7.63. The molecule has 0 radical (unpaired) electrons. The molecular weight excluding hydrogens is 232 g/mol. The van der Waals surface area contributed by atoms with Crippen LogP contribution in [-0.2, 0) is 19.4 Å². The molecule has 1 heterocycles. The number of rotatable bonds is 2. The summed E-state index contributed by atoms with van der Waals surface area (Å²) in [6.45, 7) is 3.63. The molecule has 0 spiro atoms. The molecule has 0 amide bonds. The Labute approximate surface area is 116 Å². The molecule has 1 aromatic carbocycles. The second kappa shape index (κ2) is 4.60. The van der Waals surface area contributed by atoms with Crippen LogP contribution in [0.15, 0.2) is 18.2 Å². The molecule has 2 nitrogen and oxygen atoms in total. The lowest BCUT2D eigenvalue weighted by Crippen LogP contribution is -2.30. The van der Waals surface area contributed by atoms with Crippen molar-refractivity contribution in [3.63, 3.8) is 0 Å². The van der Waals surface area contributed by atoms with Gasteiger partial charge in [-0.1, -0.05) is 18.2 Å². The number of nitrogens with two attached hydrogens (primary N) is 1. The molecule has 3 atom stereocenters. The third-order valence-electron chi connectivity index (χ3n) is 5.56. The van der Waals surface area contributed by atoms with Gasteiger partial charge < -0.3 is 5.73 Å². The van der Waals surface area contributed by atoms with Crippen LogP contribution in [0.2, 0.25) is 0 Å². The summed E-state index contributed by atoms with van der Waals surface area (Å²) in [6.07, 6.45) is 6.54. The molecule has 2 aliphatic carbocycles. The van der Waals surface area contributed by atoms with Crippen LogP contribution in [0.25, 0.3) is 0 Å². The van der Waals surface area contributed by atoms with E-state index in [0.29, 0.717) is 6.04 Å². The Bertz CT molecular complexity index is 482. The highest BCUT2D eigenvalue weighted by atomic mass is 15.2. The van der Waals surface area contributed by atoms with E-state index in [0.717, 1.165) is 18.4 Å². The second-order valence-corrected chi connectivity index (χ2v) is 6.82. The van der Waals surface area contributed by atoms with E-state index in [9.17, 15) is 0 Å². The molecule has 1 aliphatic heterocycles. The molecule has 3 aliphatic rings. The lowest BCUT2D eigenvalue weighted by molar-refractivity contribution is 0.298. The van der Waals surface area contributed by atoms with Crippen molar-refractivity contribution in [2.24, 2.45) is 17.6 Å². The van der Waals surface area contributed by atoms with Gasteiger partial charge in [0.1, 0.15) is 0 Å². The molecule has 102 valence electrons. The molecule has 4 rings (SSSR count). The number of fused-ring (bicyclic) bond motifs is 2. The Morgan fingerprint density at radius 3 is 2.89 bits per heavy atom. The minimum Gasteiger partial charge on any atom is -0.327 e. The van der Waals surface area contributed by atoms with Gasteiger partial charge in [-0.25, -0.2) is 0 Å². The highest BCUT2D eigenvalue weighted by Gasteiger charge is 2.40. The summed E-state index contributed by atoms with van der Waals surface area (Å²) in [5, 5.41) is 0. The average molecular weight is 256 g/mol. The van der Waals surface area contributed by atoms with Crippen molar-refractivity contribution in [1.82, 2.24) is 4.90 Å². The Hall–Kier alpha value is -0.860. The van der Waals surface area contributed by atoms with Crippen LogP contribution < -0.4 is 5.73 Å². The van der Waals surface area contributed by atoms with Crippen molar-refractivity contribution in [1.29, 1.82) is 0 Å². The number of nitrogens with zero attached hydrogens (tertiary/aromatic N) is 1. The lowest BCUT2D eigenvalue weighted by Gasteiger charge is -2.18. The molecule has 2 heteroatoms. The van der Waals surface area contributed by atoms with Crippen molar-refractivity contribution in [2.45, 2.75) is 44.7 Å². The monoisotopic (exact) mass is 256 g/mol. The first-order valence-electron chi connectivity index (χ1n) is 7.88. The van der Waals surface area contributed by atoms with Crippen LogP contribution in [0.4, 0.5) is 0 Å². The van der Waals surface area contributed by atoms with Crippen molar-refractivity contribution >= 4 is 0 Å². The van der Waals surface area contributed by atoms with Gasteiger partial charge in [0.15, 0.2) is 0 Å². The van der Waals surface area contributed by atoms with Crippen LogP contribution in [0.5, 0.6) is 0 Å². The minimum absolute atomic E-state index is 0.468. The van der Waals surface area contributed by atoms with E-state index < -0.39 is 0 Å². The molecule has 1 saturated heterocycles. The molecule has 1 saturated carbocycles. The number of hydrogen-bond donors (Lipinski definition) is 1. The zero-order valence-electron chi connectivity index (χ0n) is 11.6. The molecule has 3 unspecified atom stereocenters. The summed E-state index contributed by atoms with van der Waals surface area (Å²) >= 11 is 0. The highest BCUT2D eigenvalue weighted by Crippen LogP contribution is 2.37. The van der Waals surface area contributed by atoms with E-state index in [1.165, 1.54) is 50.8 Å². The van der Waals surface area contributed by atoms with E-state index in [2.05, 4.69) is 23.1 Å². The van der Waals surface area contributed by atoms with Gasteiger partial charge in [0.2, 0.25) is 0 Å². The van der Waals surface area contributed by atoms with Gasteiger partial charge >= 0.3 is 0 Å². The molecule has 2 N–H and O–H groups in total. The van der Waals surface area contributed by atoms with E-state index in [1.807, 2.05) is 0 Å². The predicted molar refractivity (Wildman–Crippen MR) is 77.9 cm³/mol. The van der Waals surface area contributed by atoms with Crippen molar-refractivity contribution < 1.29 is 0 Å². The number of aryl methyl sites for hydroxylation is 2. The van der Waals surface area contributed by atoms with Gasteiger partial charge in [0, 0.05) is 25.7 Å². The van der Waals surface area contributed by atoms with Crippen LogP contribution in [-0.4, -0.2) is 24.0 Å². The largest absolute Gasteiger partial charge is 0.327 e. The number of benzene rings is 1. The van der Waals surface area contributed by atoms with E-state index in [-0.39, 0.29) is 0 Å². The SMILES string of the molecule is NC1CCC2CN(Cc3ccc4c(c3)CCC4)CC12. The fraction of sp³-hybridized carbons (Fsp3) is 0.647. The van der Waals surface area contributed by atoms with Gasteiger partial charge in [0.05, 0.1) is 0 Å². The Balaban J connectivity index is 1.45. The van der Waals surface area contributed by atoms with Crippen LogP contribution in [0, 0.1) is 11.8 Å². The smallest absolute Gasteiger partial charge is 0.0234 e. The summed E-state index contributed by atoms with van der Waals surface area (Å²) < 4.78 is 0. The van der Waals surface area contributed by atoms with E-state index in [4.69, 9.17) is 5.73 Å². The van der Waals surface area contributed by atoms with Crippen molar-refractivity contribution in [3.8, 4) is 0 Å². The highest BCUT2D eigenvalue weighted by molar-refractivity contribution is 5.35. The molecule has 0 bridgehead atoms. The predicted octanol–water partition coefficient (Wildman–Crippen LogP) is 2.34. The zero-order chi connectivity index (χ0) is 12.8. The molecule has 2 fully saturated rings. The quantitative estimate of drug-likeness (QED) is 0.880.